The molecule has 1 fully saturated rings. The molecule has 3 rings (SSSR count). The molecule has 1 amide bonds. The number of hydrogen-bond acceptors (Lipinski definition) is 5. The first kappa shape index (κ1) is 23.9. The van der Waals surface area contributed by atoms with Crippen LogP contribution in [-0.4, -0.2) is 54.2 Å². The number of aliphatic imine (C=N–C) groups is 1. The number of oxazole rings is 1. The van der Waals surface area contributed by atoms with Gasteiger partial charge in [-0.15, -0.1) is 24.0 Å². The van der Waals surface area contributed by atoms with E-state index in [4.69, 9.17) is 14.9 Å². The van der Waals surface area contributed by atoms with Crippen molar-refractivity contribution in [2.24, 2.45) is 10.7 Å². The van der Waals surface area contributed by atoms with Gasteiger partial charge in [0.1, 0.15) is 12.1 Å². The zero-order chi connectivity index (χ0) is 20.6. The van der Waals surface area contributed by atoms with E-state index in [1.165, 1.54) is 12.1 Å². The number of likely N-dealkylation sites (tertiary alicyclic amines) is 1. The summed E-state index contributed by atoms with van der Waals surface area (Å²) in [5.41, 5.74) is 7.45. The first-order chi connectivity index (χ1) is 14.0. The van der Waals surface area contributed by atoms with Crippen molar-refractivity contribution in [1.82, 2.24) is 15.2 Å². The lowest BCUT2D eigenvalue weighted by atomic mass is 10.1. The second kappa shape index (κ2) is 11.7. The van der Waals surface area contributed by atoms with Crippen LogP contribution in [0.2, 0.25) is 0 Å². The summed E-state index contributed by atoms with van der Waals surface area (Å²) in [4.78, 5) is 22.2. The van der Waals surface area contributed by atoms with Gasteiger partial charge in [-0.2, -0.15) is 0 Å². The van der Waals surface area contributed by atoms with Gasteiger partial charge >= 0.3 is 6.09 Å². The third-order valence-corrected chi connectivity index (χ3v) is 4.67. The molecule has 1 saturated heterocycles. The fraction of sp³-hybridized carbons (Fsp3) is 0.450. The van der Waals surface area contributed by atoms with Crippen LogP contribution in [0, 0.1) is 5.82 Å². The Bertz CT molecular complexity index is 835. The minimum atomic E-state index is -0.301. The number of rotatable bonds is 6. The Morgan fingerprint density at radius 2 is 2.07 bits per heavy atom. The fourth-order valence-corrected chi connectivity index (χ4v) is 3.11. The molecule has 0 unspecified atom stereocenters. The number of ether oxygens (including phenoxy) is 1. The van der Waals surface area contributed by atoms with E-state index < -0.39 is 0 Å². The number of aromatic nitrogens is 1. The molecule has 3 N–H and O–H groups in total. The van der Waals surface area contributed by atoms with Gasteiger partial charge in [0, 0.05) is 37.7 Å². The van der Waals surface area contributed by atoms with Gasteiger partial charge in [-0.25, -0.2) is 14.2 Å². The van der Waals surface area contributed by atoms with E-state index in [-0.39, 0.29) is 41.9 Å². The summed E-state index contributed by atoms with van der Waals surface area (Å²) in [6.07, 6.45) is 3.47. The summed E-state index contributed by atoms with van der Waals surface area (Å²) in [6.45, 7) is 3.92. The minimum Gasteiger partial charge on any atom is -0.450 e. The van der Waals surface area contributed by atoms with Crippen molar-refractivity contribution in [1.29, 1.82) is 0 Å². The molecule has 0 bridgehead atoms. The van der Waals surface area contributed by atoms with Crippen molar-refractivity contribution in [3.05, 3.63) is 42.0 Å². The van der Waals surface area contributed by atoms with Crippen molar-refractivity contribution < 1.29 is 18.3 Å². The van der Waals surface area contributed by atoms with Gasteiger partial charge in [0.25, 0.3) is 0 Å². The van der Waals surface area contributed by atoms with Crippen molar-refractivity contribution in [3.63, 3.8) is 0 Å². The average molecular weight is 531 g/mol. The Hall–Kier alpha value is -2.37. The van der Waals surface area contributed by atoms with Gasteiger partial charge in [0.2, 0.25) is 5.89 Å². The van der Waals surface area contributed by atoms with Gasteiger partial charge in [0.05, 0.1) is 12.3 Å². The van der Waals surface area contributed by atoms with E-state index >= 15 is 0 Å². The van der Waals surface area contributed by atoms with Crippen LogP contribution in [-0.2, 0) is 11.2 Å². The lowest BCUT2D eigenvalue weighted by molar-refractivity contribution is 0.0963. The van der Waals surface area contributed by atoms with Crippen molar-refractivity contribution in [2.45, 2.75) is 32.2 Å². The van der Waals surface area contributed by atoms with Crippen molar-refractivity contribution >= 4 is 36.0 Å². The minimum absolute atomic E-state index is 0. The van der Waals surface area contributed by atoms with Crippen molar-refractivity contribution in [3.8, 4) is 11.5 Å². The highest BCUT2D eigenvalue weighted by molar-refractivity contribution is 14.0. The summed E-state index contributed by atoms with van der Waals surface area (Å²) in [5.74, 6) is 0.523. The Morgan fingerprint density at radius 3 is 2.73 bits per heavy atom. The van der Waals surface area contributed by atoms with Crippen LogP contribution in [0.1, 0.15) is 25.5 Å². The SMILES string of the molecule is CCOC(=O)N1CCC(NC(N)=NCCc2coc(-c3ccc(F)cc3)n2)CC1.I. The third kappa shape index (κ3) is 6.85. The second-order valence-corrected chi connectivity index (χ2v) is 6.77. The number of carbonyl (C=O) groups is 1. The van der Waals surface area contributed by atoms with Crippen molar-refractivity contribution in [2.75, 3.05) is 26.2 Å². The summed E-state index contributed by atoms with van der Waals surface area (Å²) in [6, 6.07) is 6.16. The monoisotopic (exact) mass is 531 g/mol. The maximum absolute atomic E-state index is 13.0. The molecule has 2 heterocycles. The molecule has 0 spiro atoms. The Kier molecular flexibility index (Phi) is 9.34. The van der Waals surface area contributed by atoms with E-state index in [1.54, 1.807) is 30.2 Å². The molecule has 1 aromatic heterocycles. The van der Waals surface area contributed by atoms with Crippen LogP contribution in [0.25, 0.3) is 11.5 Å². The molecule has 0 atom stereocenters. The first-order valence-corrected chi connectivity index (χ1v) is 9.73. The highest BCUT2D eigenvalue weighted by atomic mass is 127. The Balaban J connectivity index is 0.00000320. The predicted octanol–water partition coefficient (Wildman–Crippen LogP) is 3.17. The van der Waals surface area contributed by atoms with E-state index in [0.717, 1.165) is 24.1 Å². The molecule has 30 heavy (non-hydrogen) atoms. The Labute approximate surface area is 192 Å². The molecule has 2 aromatic rings. The summed E-state index contributed by atoms with van der Waals surface area (Å²) in [5, 5.41) is 3.20. The summed E-state index contributed by atoms with van der Waals surface area (Å²) >= 11 is 0. The summed E-state index contributed by atoms with van der Waals surface area (Å²) < 4.78 is 23.5. The molecule has 164 valence electrons. The molecule has 1 aliphatic heterocycles. The van der Waals surface area contributed by atoms with E-state index in [1.807, 2.05) is 0 Å². The van der Waals surface area contributed by atoms with E-state index in [9.17, 15) is 9.18 Å². The van der Waals surface area contributed by atoms with Crippen LogP contribution in [0.5, 0.6) is 0 Å². The fourth-order valence-electron chi connectivity index (χ4n) is 3.11. The number of carbonyl (C=O) groups excluding carboxylic acids is 1. The van der Waals surface area contributed by atoms with Crippen LogP contribution < -0.4 is 11.1 Å². The quantitative estimate of drug-likeness (QED) is 0.337. The molecule has 1 aromatic carbocycles. The number of nitrogens with zero attached hydrogens (tertiary/aromatic N) is 3. The average Bonchev–Trinajstić information content (AvgIpc) is 3.18. The molecule has 1 aliphatic rings. The predicted molar refractivity (Wildman–Crippen MR) is 122 cm³/mol. The molecule has 0 saturated carbocycles. The third-order valence-electron chi connectivity index (χ3n) is 4.67. The highest BCUT2D eigenvalue weighted by Gasteiger charge is 2.23. The van der Waals surface area contributed by atoms with Crippen LogP contribution in [0.4, 0.5) is 9.18 Å². The number of hydrogen-bond donors (Lipinski definition) is 2. The van der Waals surface area contributed by atoms with Gasteiger partial charge in [-0.1, -0.05) is 0 Å². The normalized spacial score (nSPS) is 14.9. The maximum atomic E-state index is 13.0. The van der Waals surface area contributed by atoms with Crippen LogP contribution >= 0.6 is 24.0 Å². The molecular weight excluding hydrogens is 504 g/mol. The van der Waals surface area contributed by atoms with Gasteiger partial charge < -0.3 is 25.1 Å². The largest absolute Gasteiger partial charge is 0.450 e. The zero-order valence-electron chi connectivity index (χ0n) is 16.8. The molecule has 10 heteroatoms. The number of piperidine rings is 1. The van der Waals surface area contributed by atoms with E-state index in [2.05, 4.69) is 15.3 Å². The standard InChI is InChI=1S/C20H26FN5O3.HI/c1-2-28-20(27)26-11-8-16(9-12-26)25-19(22)23-10-7-17-13-29-18(24-17)14-3-5-15(21)6-4-14;/h3-6,13,16H,2,7-12H2,1H3,(H3,22,23,25);1H. The molecular formula is C20H27FIN5O3. The maximum Gasteiger partial charge on any atom is 0.409 e. The smallest absolute Gasteiger partial charge is 0.409 e. The first-order valence-electron chi connectivity index (χ1n) is 9.73. The summed E-state index contributed by atoms with van der Waals surface area (Å²) in [7, 11) is 0. The molecule has 0 aliphatic carbocycles. The lowest BCUT2D eigenvalue weighted by Gasteiger charge is -2.31. The van der Waals surface area contributed by atoms with Crippen LogP contribution in [0.3, 0.4) is 0 Å². The highest BCUT2D eigenvalue weighted by Crippen LogP contribution is 2.19. The number of halogens is 2. The second-order valence-electron chi connectivity index (χ2n) is 6.77. The Morgan fingerprint density at radius 1 is 1.37 bits per heavy atom. The van der Waals surface area contributed by atoms with Gasteiger partial charge in [0.15, 0.2) is 5.96 Å². The van der Waals surface area contributed by atoms with E-state index in [0.29, 0.717) is 44.5 Å². The number of benzene rings is 1. The van der Waals surface area contributed by atoms with Gasteiger partial charge in [-0.05, 0) is 44.0 Å². The number of guanidine groups is 1. The number of nitrogens with two attached hydrogens (primary N) is 1. The number of nitrogens with one attached hydrogen (secondary N) is 1. The van der Waals surface area contributed by atoms with Gasteiger partial charge in [-0.3, -0.25) is 4.99 Å². The molecule has 8 nitrogen and oxygen atoms in total. The number of amides is 1. The lowest BCUT2D eigenvalue weighted by Crippen LogP contribution is -2.48. The topological polar surface area (TPSA) is 106 Å². The molecule has 0 radical (unpaired) electrons. The zero-order valence-corrected chi connectivity index (χ0v) is 19.2. The van der Waals surface area contributed by atoms with Crippen LogP contribution in [0.15, 0.2) is 39.9 Å².